The summed E-state index contributed by atoms with van der Waals surface area (Å²) in [4.78, 5) is 0. The molecule has 15 heavy (non-hydrogen) atoms. The van der Waals surface area contributed by atoms with Crippen LogP contribution in [0.3, 0.4) is 0 Å². The van der Waals surface area contributed by atoms with Crippen molar-refractivity contribution in [3.63, 3.8) is 0 Å². The molecule has 86 valence electrons. The summed E-state index contributed by atoms with van der Waals surface area (Å²) in [5, 5.41) is 8.21. The maximum absolute atomic E-state index is 5.36. The van der Waals surface area contributed by atoms with Crippen LogP contribution >= 0.6 is 11.8 Å². The van der Waals surface area contributed by atoms with Crippen LogP contribution in [0.2, 0.25) is 0 Å². The Balaban J connectivity index is 2.31. The van der Waals surface area contributed by atoms with Crippen LogP contribution in [0.1, 0.15) is 26.2 Å². The number of nitrogens with zero attached hydrogens (tertiary/aromatic N) is 2. The van der Waals surface area contributed by atoms with Gasteiger partial charge in [-0.15, -0.1) is 10.2 Å². The zero-order valence-electron chi connectivity index (χ0n) is 9.32. The summed E-state index contributed by atoms with van der Waals surface area (Å²) in [5.41, 5.74) is 5.25. The lowest BCUT2D eigenvalue weighted by atomic mass is 10.1. The molecule has 0 amide bonds. The van der Waals surface area contributed by atoms with E-state index in [-0.39, 0.29) is 12.1 Å². The van der Waals surface area contributed by atoms with E-state index in [4.69, 9.17) is 14.9 Å². The molecule has 5 nitrogen and oxygen atoms in total. The van der Waals surface area contributed by atoms with Crippen molar-refractivity contribution in [1.29, 1.82) is 0 Å². The van der Waals surface area contributed by atoms with Crippen molar-refractivity contribution in [3.8, 4) is 0 Å². The largest absolute Gasteiger partial charge is 0.415 e. The Morgan fingerprint density at radius 1 is 1.47 bits per heavy atom. The lowest BCUT2D eigenvalue weighted by molar-refractivity contribution is 0.0206. The molecule has 1 rings (SSSR count). The van der Waals surface area contributed by atoms with Crippen molar-refractivity contribution in [2.24, 2.45) is 5.73 Å². The second-order valence-electron chi connectivity index (χ2n) is 3.73. The van der Waals surface area contributed by atoms with E-state index in [1.165, 1.54) is 11.8 Å². The average Bonchev–Trinajstić information content (AvgIpc) is 2.66. The van der Waals surface area contributed by atoms with Crippen molar-refractivity contribution < 1.29 is 9.15 Å². The summed E-state index contributed by atoms with van der Waals surface area (Å²) in [6.45, 7) is 4.39. The molecular formula is C9H17N3O2S. The summed E-state index contributed by atoms with van der Waals surface area (Å²) in [7, 11) is 1.71. The van der Waals surface area contributed by atoms with Gasteiger partial charge in [-0.2, -0.15) is 0 Å². The number of rotatable bonds is 6. The summed E-state index contributed by atoms with van der Waals surface area (Å²) in [6.07, 6.45) is 0.925. The number of ether oxygens (including phenoxy) is 1. The Labute approximate surface area is 93.8 Å². The van der Waals surface area contributed by atoms with Gasteiger partial charge in [0.15, 0.2) is 0 Å². The highest BCUT2D eigenvalue weighted by atomic mass is 32.2. The fourth-order valence-corrected chi connectivity index (χ4v) is 1.89. The first-order valence-electron chi connectivity index (χ1n) is 4.78. The highest BCUT2D eigenvalue weighted by Crippen LogP contribution is 2.21. The fraction of sp³-hybridized carbons (Fsp3) is 0.778. The van der Waals surface area contributed by atoms with Gasteiger partial charge < -0.3 is 14.9 Å². The average molecular weight is 231 g/mol. The second kappa shape index (κ2) is 5.48. The van der Waals surface area contributed by atoms with Crippen molar-refractivity contribution in [2.45, 2.75) is 37.6 Å². The van der Waals surface area contributed by atoms with E-state index in [2.05, 4.69) is 10.2 Å². The van der Waals surface area contributed by atoms with E-state index in [1.807, 2.05) is 13.8 Å². The lowest BCUT2D eigenvalue weighted by Gasteiger charge is -2.21. The Bertz CT molecular complexity index is 301. The van der Waals surface area contributed by atoms with Gasteiger partial charge in [-0.3, -0.25) is 0 Å². The topological polar surface area (TPSA) is 74.2 Å². The highest BCUT2D eigenvalue weighted by molar-refractivity contribution is 7.99. The van der Waals surface area contributed by atoms with Gasteiger partial charge in [0.25, 0.3) is 5.22 Å². The molecule has 0 fully saturated rings. The van der Waals surface area contributed by atoms with Crippen LogP contribution in [0.5, 0.6) is 0 Å². The number of nitrogens with two attached hydrogens (primary N) is 1. The van der Waals surface area contributed by atoms with Crippen molar-refractivity contribution in [2.75, 3.05) is 12.9 Å². The minimum atomic E-state index is -0.107. The van der Waals surface area contributed by atoms with E-state index in [1.54, 1.807) is 7.11 Å². The van der Waals surface area contributed by atoms with Gasteiger partial charge in [0.05, 0.1) is 12.1 Å². The van der Waals surface area contributed by atoms with Gasteiger partial charge in [0.1, 0.15) is 0 Å². The molecule has 0 aliphatic heterocycles. The first kappa shape index (κ1) is 12.5. The second-order valence-corrected chi connectivity index (χ2v) is 4.77. The molecule has 1 aromatic rings. The van der Waals surface area contributed by atoms with E-state index in [0.29, 0.717) is 11.1 Å². The zero-order chi connectivity index (χ0) is 11.3. The first-order chi connectivity index (χ1) is 7.07. The standard InChI is InChI=1S/C9H17N3O2S/c1-9(2,13-3)4-5-15-8-12-11-7(6-10)14-8/h4-6,10H2,1-3H3. The predicted octanol–water partition coefficient (Wildman–Crippen LogP) is 1.44. The van der Waals surface area contributed by atoms with Crippen LogP contribution < -0.4 is 5.73 Å². The Morgan fingerprint density at radius 2 is 2.20 bits per heavy atom. The molecule has 6 heteroatoms. The third-order valence-corrected chi connectivity index (χ3v) is 2.93. The van der Waals surface area contributed by atoms with Crippen LogP contribution in [-0.4, -0.2) is 28.7 Å². The Kier molecular flexibility index (Phi) is 4.56. The van der Waals surface area contributed by atoms with Gasteiger partial charge in [0.2, 0.25) is 5.89 Å². The highest BCUT2D eigenvalue weighted by Gasteiger charge is 2.16. The number of methoxy groups -OCH3 is 1. The van der Waals surface area contributed by atoms with Crippen LogP contribution in [-0.2, 0) is 11.3 Å². The monoisotopic (exact) mass is 231 g/mol. The third kappa shape index (κ3) is 4.19. The smallest absolute Gasteiger partial charge is 0.276 e. The van der Waals surface area contributed by atoms with Gasteiger partial charge in [-0.25, -0.2) is 0 Å². The molecule has 0 unspecified atom stereocenters. The van der Waals surface area contributed by atoms with Gasteiger partial charge >= 0.3 is 0 Å². The fourth-order valence-electron chi connectivity index (χ4n) is 0.865. The quantitative estimate of drug-likeness (QED) is 0.747. The number of aromatic nitrogens is 2. The molecular weight excluding hydrogens is 214 g/mol. The molecule has 0 saturated carbocycles. The first-order valence-corrected chi connectivity index (χ1v) is 5.76. The van der Waals surface area contributed by atoms with E-state index in [9.17, 15) is 0 Å². The summed E-state index contributed by atoms with van der Waals surface area (Å²) >= 11 is 1.52. The molecule has 0 aliphatic carbocycles. The lowest BCUT2D eigenvalue weighted by Crippen LogP contribution is -2.22. The van der Waals surface area contributed by atoms with Gasteiger partial charge in [-0.05, 0) is 20.3 Å². The molecule has 0 aromatic carbocycles. The van der Waals surface area contributed by atoms with Crippen molar-refractivity contribution in [1.82, 2.24) is 10.2 Å². The maximum atomic E-state index is 5.36. The van der Waals surface area contributed by atoms with Crippen LogP contribution in [0.4, 0.5) is 0 Å². The Hall–Kier alpha value is -0.590. The zero-order valence-corrected chi connectivity index (χ0v) is 10.1. The normalized spacial score (nSPS) is 12.0. The molecule has 0 bridgehead atoms. The van der Waals surface area contributed by atoms with Crippen LogP contribution in [0.15, 0.2) is 9.64 Å². The van der Waals surface area contributed by atoms with Crippen molar-refractivity contribution >= 4 is 11.8 Å². The predicted molar refractivity (Wildman–Crippen MR) is 58.6 cm³/mol. The number of hydrogen-bond donors (Lipinski definition) is 1. The molecule has 0 radical (unpaired) electrons. The summed E-state index contributed by atoms with van der Waals surface area (Å²) in [5.74, 6) is 1.36. The summed E-state index contributed by atoms with van der Waals surface area (Å²) < 4.78 is 10.6. The van der Waals surface area contributed by atoms with E-state index >= 15 is 0 Å². The Morgan fingerprint density at radius 3 is 2.73 bits per heavy atom. The van der Waals surface area contributed by atoms with Gasteiger partial charge in [0, 0.05) is 12.9 Å². The molecule has 1 heterocycles. The molecule has 0 spiro atoms. The van der Waals surface area contributed by atoms with E-state index < -0.39 is 0 Å². The molecule has 0 atom stereocenters. The number of thioether (sulfide) groups is 1. The van der Waals surface area contributed by atoms with Crippen LogP contribution in [0, 0.1) is 0 Å². The SMILES string of the molecule is COC(C)(C)CCSc1nnc(CN)o1. The minimum Gasteiger partial charge on any atom is -0.415 e. The molecule has 0 aliphatic rings. The molecule has 1 aromatic heterocycles. The molecule has 2 N–H and O–H groups in total. The van der Waals surface area contributed by atoms with Gasteiger partial charge in [-0.1, -0.05) is 11.8 Å². The third-order valence-electron chi connectivity index (χ3n) is 2.11. The van der Waals surface area contributed by atoms with Crippen LogP contribution in [0.25, 0.3) is 0 Å². The molecule has 0 saturated heterocycles. The van der Waals surface area contributed by atoms with Crippen molar-refractivity contribution in [3.05, 3.63) is 5.89 Å². The van der Waals surface area contributed by atoms with E-state index in [0.717, 1.165) is 12.2 Å². The maximum Gasteiger partial charge on any atom is 0.276 e. The number of hydrogen-bond acceptors (Lipinski definition) is 6. The summed E-state index contributed by atoms with van der Waals surface area (Å²) in [6, 6.07) is 0. The minimum absolute atomic E-state index is 0.107.